The van der Waals surface area contributed by atoms with Crippen LogP contribution in [0, 0.1) is 6.92 Å². The van der Waals surface area contributed by atoms with Gasteiger partial charge in [0.1, 0.15) is 11.3 Å². The molecular formula is C22H17F3N4O2. The Morgan fingerprint density at radius 1 is 1.06 bits per heavy atom. The van der Waals surface area contributed by atoms with Gasteiger partial charge in [-0.1, -0.05) is 17.7 Å². The lowest BCUT2D eigenvalue weighted by Gasteiger charge is -2.17. The summed E-state index contributed by atoms with van der Waals surface area (Å²) in [5.41, 5.74) is 6.26. The number of hydrogen-bond donors (Lipinski definition) is 1. The number of halogens is 3. The summed E-state index contributed by atoms with van der Waals surface area (Å²) in [6.07, 6.45) is -3.22. The maximum atomic E-state index is 13.6. The first-order valence-corrected chi connectivity index (χ1v) is 9.20. The van der Waals surface area contributed by atoms with Crippen molar-refractivity contribution in [2.24, 2.45) is 0 Å². The Balaban J connectivity index is 2.14. The van der Waals surface area contributed by atoms with Crippen molar-refractivity contribution in [3.05, 3.63) is 76.3 Å². The third kappa shape index (κ3) is 3.58. The maximum Gasteiger partial charge on any atom is 0.433 e. The number of anilines is 1. The average Bonchev–Trinajstić information content (AvgIpc) is 2.74. The molecule has 0 fully saturated rings. The Morgan fingerprint density at radius 2 is 1.77 bits per heavy atom. The van der Waals surface area contributed by atoms with Crippen molar-refractivity contribution in [2.45, 2.75) is 13.1 Å². The van der Waals surface area contributed by atoms with Crippen molar-refractivity contribution >= 4 is 16.7 Å². The van der Waals surface area contributed by atoms with Gasteiger partial charge in [0.15, 0.2) is 0 Å². The molecule has 0 bridgehead atoms. The number of aromatic nitrogens is 3. The van der Waals surface area contributed by atoms with E-state index in [2.05, 4.69) is 9.97 Å². The predicted octanol–water partition coefficient (Wildman–Crippen LogP) is 4.37. The van der Waals surface area contributed by atoms with Crippen molar-refractivity contribution in [3.8, 4) is 22.7 Å². The highest BCUT2D eigenvalue weighted by Crippen LogP contribution is 2.34. The number of pyridine rings is 3. The minimum Gasteiger partial charge on any atom is -0.481 e. The fraction of sp³-hybridized carbons (Fsp3) is 0.136. The number of methoxy groups -OCH3 is 1. The van der Waals surface area contributed by atoms with Crippen LogP contribution in [0.15, 0.2) is 59.5 Å². The van der Waals surface area contributed by atoms with Crippen LogP contribution in [0.1, 0.15) is 11.3 Å². The zero-order chi connectivity index (χ0) is 22.3. The number of hydrogen-bond acceptors (Lipinski definition) is 5. The van der Waals surface area contributed by atoms with E-state index in [1.165, 1.54) is 25.4 Å². The van der Waals surface area contributed by atoms with Crippen LogP contribution >= 0.6 is 0 Å². The highest BCUT2D eigenvalue weighted by molar-refractivity contribution is 5.97. The molecule has 4 aromatic rings. The number of rotatable bonds is 3. The molecule has 1 aromatic carbocycles. The number of fused-ring (bicyclic) bond motifs is 1. The number of nitrogen functional groups attached to an aromatic ring is 1. The maximum absolute atomic E-state index is 13.6. The Hall–Kier alpha value is -3.88. The largest absolute Gasteiger partial charge is 0.481 e. The van der Waals surface area contributed by atoms with Gasteiger partial charge in [-0.3, -0.25) is 9.36 Å². The second-order valence-electron chi connectivity index (χ2n) is 6.92. The van der Waals surface area contributed by atoms with Gasteiger partial charge in [-0.2, -0.15) is 13.2 Å². The quantitative estimate of drug-likeness (QED) is 0.526. The molecule has 0 saturated heterocycles. The Morgan fingerprint density at radius 3 is 2.42 bits per heavy atom. The molecule has 0 atom stereocenters. The monoisotopic (exact) mass is 426 g/mol. The first-order valence-electron chi connectivity index (χ1n) is 9.20. The number of ether oxygens (including phenoxy) is 1. The van der Waals surface area contributed by atoms with E-state index in [1.807, 2.05) is 6.92 Å². The predicted molar refractivity (Wildman–Crippen MR) is 111 cm³/mol. The standard InChI is InChI=1S/C22H17F3N4O2/c1-12-3-5-14(6-4-12)29-20-15(7-8-16(28-20)22(23,24)25)19(26)18(21(29)30)13-9-10-27-17(11-13)31-2/h3-11H,26H2,1-2H3. The van der Waals surface area contributed by atoms with Crippen LogP contribution in [0.25, 0.3) is 27.8 Å². The second kappa shape index (κ2) is 7.42. The first-order chi connectivity index (χ1) is 14.7. The van der Waals surface area contributed by atoms with Crippen molar-refractivity contribution in [2.75, 3.05) is 12.8 Å². The highest BCUT2D eigenvalue weighted by atomic mass is 19.4. The zero-order valence-corrected chi connectivity index (χ0v) is 16.6. The van der Waals surface area contributed by atoms with Crippen molar-refractivity contribution < 1.29 is 17.9 Å². The highest BCUT2D eigenvalue weighted by Gasteiger charge is 2.33. The number of alkyl halides is 3. The first kappa shape index (κ1) is 20.4. The van der Waals surface area contributed by atoms with Crippen LogP contribution in [0.3, 0.4) is 0 Å². The molecule has 0 aliphatic heterocycles. The summed E-state index contributed by atoms with van der Waals surface area (Å²) in [5.74, 6) is 0.267. The van der Waals surface area contributed by atoms with Gasteiger partial charge in [-0.15, -0.1) is 0 Å². The lowest BCUT2D eigenvalue weighted by atomic mass is 10.0. The van der Waals surface area contributed by atoms with Gasteiger partial charge in [-0.25, -0.2) is 9.97 Å². The zero-order valence-electron chi connectivity index (χ0n) is 16.6. The fourth-order valence-electron chi connectivity index (χ4n) is 3.33. The van der Waals surface area contributed by atoms with Crippen LogP contribution < -0.4 is 16.0 Å². The molecule has 4 rings (SSSR count). The summed E-state index contributed by atoms with van der Waals surface area (Å²) in [7, 11) is 1.43. The Bertz CT molecular complexity index is 1350. The number of nitrogens with zero attached hydrogens (tertiary/aromatic N) is 3. The molecule has 0 aliphatic rings. The minimum atomic E-state index is -4.67. The number of nitrogens with two attached hydrogens (primary N) is 1. The molecule has 0 aliphatic carbocycles. The van der Waals surface area contributed by atoms with Crippen molar-refractivity contribution in [1.29, 1.82) is 0 Å². The minimum absolute atomic E-state index is 0.0258. The van der Waals surface area contributed by atoms with Crippen LogP contribution in [-0.2, 0) is 6.18 Å². The van der Waals surface area contributed by atoms with Gasteiger partial charge in [0.25, 0.3) is 5.56 Å². The van der Waals surface area contributed by atoms with E-state index in [0.29, 0.717) is 11.3 Å². The summed E-state index contributed by atoms with van der Waals surface area (Å²) in [5, 5.41) is 0.221. The van der Waals surface area contributed by atoms with E-state index in [9.17, 15) is 18.0 Å². The van der Waals surface area contributed by atoms with E-state index < -0.39 is 17.4 Å². The van der Waals surface area contributed by atoms with Gasteiger partial charge < -0.3 is 10.5 Å². The Labute approximate surface area is 174 Å². The van der Waals surface area contributed by atoms with Gasteiger partial charge in [-0.05, 0) is 42.8 Å². The van der Waals surface area contributed by atoms with E-state index >= 15 is 0 Å². The molecule has 9 heteroatoms. The summed E-state index contributed by atoms with van der Waals surface area (Å²) < 4.78 is 46.3. The second-order valence-corrected chi connectivity index (χ2v) is 6.92. The van der Waals surface area contributed by atoms with E-state index in [1.54, 1.807) is 30.3 Å². The average molecular weight is 426 g/mol. The van der Waals surface area contributed by atoms with Crippen LogP contribution in [0.5, 0.6) is 5.88 Å². The molecule has 0 unspecified atom stereocenters. The van der Waals surface area contributed by atoms with Crippen molar-refractivity contribution in [1.82, 2.24) is 14.5 Å². The lowest BCUT2D eigenvalue weighted by Crippen LogP contribution is -2.24. The van der Waals surface area contributed by atoms with Crippen LogP contribution in [0.4, 0.5) is 18.9 Å². The van der Waals surface area contributed by atoms with Crippen LogP contribution in [-0.4, -0.2) is 21.6 Å². The number of aryl methyl sites for hydroxylation is 1. The SMILES string of the molecule is COc1cc(-c2c(N)c3ccc(C(F)(F)F)nc3n(-c3ccc(C)cc3)c2=O)ccn1. The Kier molecular flexibility index (Phi) is 4.88. The van der Waals surface area contributed by atoms with E-state index in [4.69, 9.17) is 10.5 Å². The van der Waals surface area contributed by atoms with Crippen molar-refractivity contribution in [3.63, 3.8) is 0 Å². The molecule has 0 spiro atoms. The molecule has 31 heavy (non-hydrogen) atoms. The molecule has 3 aromatic heterocycles. The van der Waals surface area contributed by atoms with Gasteiger partial charge in [0.2, 0.25) is 5.88 Å². The van der Waals surface area contributed by atoms with Gasteiger partial charge in [0, 0.05) is 17.6 Å². The molecule has 3 heterocycles. The fourth-order valence-corrected chi connectivity index (χ4v) is 3.33. The molecule has 0 saturated carbocycles. The molecule has 0 radical (unpaired) electrons. The smallest absolute Gasteiger partial charge is 0.433 e. The third-order valence-corrected chi connectivity index (χ3v) is 4.88. The van der Waals surface area contributed by atoms with Gasteiger partial charge >= 0.3 is 6.18 Å². The molecule has 158 valence electrons. The summed E-state index contributed by atoms with van der Waals surface area (Å²) >= 11 is 0. The molecule has 6 nitrogen and oxygen atoms in total. The lowest BCUT2D eigenvalue weighted by molar-refractivity contribution is -0.141. The normalized spacial score (nSPS) is 11.6. The van der Waals surface area contributed by atoms with Crippen LogP contribution in [0.2, 0.25) is 0 Å². The topological polar surface area (TPSA) is 83.0 Å². The van der Waals surface area contributed by atoms with E-state index in [-0.39, 0.29) is 28.2 Å². The summed E-state index contributed by atoms with van der Waals surface area (Å²) in [6, 6.07) is 12.0. The summed E-state index contributed by atoms with van der Waals surface area (Å²) in [6.45, 7) is 1.86. The number of benzene rings is 1. The molecular weight excluding hydrogens is 409 g/mol. The molecule has 2 N–H and O–H groups in total. The van der Waals surface area contributed by atoms with Gasteiger partial charge in [0.05, 0.1) is 24.0 Å². The third-order valence-electron chi connectivity index (χ3n) is 4.88. The summed E-state index contributed by atoms with van der Waals surface area (Å²) in [4.78, 5) is 21.3. The van der Waals surface area contributed by atoms with E-state index in [0.717, 1.165) is 16.2 Å². The molecule has 0 amide bonds.